The smallest absolute Gasteiger partial charge is 0.215 e. The fourth-order valence-corrected chi connectivity index (χ4v) is 13.5. The van der Waals surface area contributed by atoms with E-state index in [2.05, 4.69) is 127 Å². The maximum Gasteiger partial charge on any atom is 0.215 e. The van der Waals surface area contributed by atoms with E-state index in [1.165, 1.54) is 335 Å². The number of hydrogen-bond acceptors (Lipinski definition) is 0. The van der Waals surface area contributed by atoms with Gasteiger partial charge in [0, 0.05) is 16.7 Å². The lowest BCUT2D eigenvalue weighted by Gasteiger charge is -2.18. The fourth-order valence-electron chi connectivity index (χ4n) is 13.5. The maximum atomic E-state index is 13.1. The van der Waals surface area contributed by atoms with Crippen molar-refractivity contribution in [3.63, 3.8) is 0 Å². The van der Waals surface area contributed by atoms with Crippen molar-refractivity contribution in [2.75, 3.05) is 0 Å². The van der Waals surface area contributed by atoms with E-state index in [1.807, 2.05) is 0 Å². The van der Waals surface area contributed by atoms with Crippen molar-refractivity contribution in [1.29, 1.82) is 0 Å². The van der Waals surface area contributed by atoms with E-state index < -0.39 is 0 Å². The molecule has 0 N–H and O–H groups in total. The van der Waals surface area contributed by atoms with Crippen LogP contribution in [-0.2, 0) is 12.8 Å². The average Bonchev–Trinajstić information content (AvgIpc) is 1.88. The van der Waals surface area contributed by atoms with Gasteiger partial charge in [-0.25, -0.2) is 4.70 Å². The van der Waals surface area contributed by atoms with Crippen LogP contribution in [-0.4, -0.2) is 4.70 Å². The first-order valence-corrected chi connectivity index (χ1v) is 38.1. The highest BCUT2D eigenvalue weighted by Gasteiger charge is 2.36. The van der Waals surface area contributed by atoms with Crippen LogP contribution >= 0.6 is 0 Å². The standard InChI is InChI=1S/C83H140N2/c1-7-13-19-22-25-28-30-32-34-36-38-40-42-45-47-50-53-62-74(60-16-10-4)70-72-76-64-56-58-67-78(76)82-80(66-18-12-6)81(69-55-52-49-44-27-24-21-15-9-3)83(85(82)84)79-68-59-57-65-77(79)73-71-75(61-17-11-5)63-54-51-48-46-43-41-39-37-35-33-31-29-26-23-20-14-8-2/h50-51,53-59,64-65,67-69,74-75H,7-49,52,60-63,66,70-73H2,1-6H3. The van der Waals surface area contributed by atoms with Gasteiger partial charge >= 0.3 is 0 Å². The first-order chi connectivity index (χ1) is 42.0. The third-order valence-corrected chi connectivity index (χ3v) is 19.2. The van der Waals surface area contributed by atoms with Crippen LogP contribution in [0.4, 0.5) is 0 Å². The minimum Gasteiger partial charge on any atom is -0.493 e. The highest BCUT2D eigenvalue weighted by atomic mass is 15.2. The van der Waals surface area contributed by atoms with Crippen molar-refractivity contribution in [2.24, 2.45) is 11.8 Å². The first kappa shape index (κ1) is 76.0. The number of hydrogen-bond donors (Lipinski definition) is 0. The van der Waals surface area contributed by atoms with Crippen LogP contribution in [0.15, 0.2) is 96.1 Å². The average molecular weight is 1170 g/mol. The third kappa shape index (κ3) is 36.1. The lowest BCUT2D eigenvalue weighted by atomic mass is 9.88. The Morgan fingerprint density at radius 2 is 0.635 bits per heavy atom. The number of unbranched alkanes of at least 4 members (excludes halogenated alkanes) is 38. The Kier molecular flexibility index (Phi) is 49.0. The van der Waals surface area contributed by atoms with Crippen molar-refractivity contribution in [3.8, 4) is 0 Å². The summed E-state index contributed by atoms with van der Waals surface area (Å²) in [5, 5.41) is 0. The van der Waals surface area contributed by atoms with Gasteiger partial charge in [0.15, 0.2) is 0 Å². The number of nitrogens with zero attached hydrogens (tertiary/aromatic N) is 2. The van der Waals surface area contributed by atoms with Crippen molar-refractivity contribution in [1.82, 2.24) is 0 Å². The normalized spacial score (nSPS) is 13.8. The van der Waals surface area contributed by atoms with Gasteiger partial charge in [0.1, 0.15) is 0 Å². The third-order valence-electron chi connectivity index (χ3n) is 19.2. The summed E-state index contributed by atoms with van der Waals surface area (Å²) in [6.07, 6.45) is 85.3. The molecule has 0 spiro atoms. The van der Waals surface area contributed by atoms with Crippen molar-refractivity contribution in [2.45, 2.75) is 382 Å². The number of rotatable bonds is 60. The summed E-state index contributed by atoms with van der Waals surface area (Å²) in [4.78, 5) is 0. The van der Waals surface area contributed by atoms with Crippen LogP contribution in [0, 0.1) is 11.8 Å². The zero-order chi connectivity index (χ0) is 60.7. The number of aryl methyl sites for hydroxylation is 2. The molecule has 2 heteroatoms. The lowest BCUT2D eigenvalue weighted by molar-refractivity contribution is -0.345. The molecule has 85 heavy (non-hydrogen) atoms. The molecule has 1 heterocycles. The predicted octanol–water partition coefficient (Wildman–Crippen LogP) is 28.9. The zero-order valence-corrected chi connectivity index (χ0v) is 57.6. The van der Waals surface area contributed by atoms with E-state index in [9.17, 15) is 5.53 Å². The zero-order valence-electron chi connectivity index (χ0n) is 57.6. The second kappa shape index (κ2) is 54.9. The van der Waals surface area contributed by atoms with Gasteiger partial charge in [0.05, 0.1) is 5.57 Å². The Balaban J connectivity index is 1.72. The molecule has 2 nitrogen and oxygen atoms in total. The molecule has 0 saturated heterocycles. The Hall–Kier alpha value is -3.26. The summed E-state index contributed by atoms with van der Waals surface area (Å²) < 4.78 is 1.68. The topological polar surface area (TPSA) is 25.3 Å². The molecular formula is C83H140N2. The molecule has 3 rings (SSSR count). The highest BCUT2D eigenvalue weighted by Crippen LogP contribution is 2.45. The van der Waals surface area contributed by atoms with Gasteiger partial charge in [0.2, 0.25) is 11.4 Å². The molecule has 0 amide bonds. The highest BCUT2D eigenvalue weighted by molar-refractivity contribution is 5.85. The molecule has 2 atom stereocenters. The van der Waals surface area contributed by atoms with Crippen molar-refractivity contribution < 1.29 is 4.70 Å². The quantitative estimate of drug-likeness (QED) is 0.0358. The summed E-state index contributed by atoms with van der Waals surface area (Å²) in [6, 6.07) is 18.3. The number of allylic oxidation sites excluding steroid dienone is 8. The molecule has 0 bridgehead atoms. The van der Waals surface area contributed by atoms with Gasteiger partial charge in [-0.1, -0.05) is 365 Å². The molecule has 0 aliphatic carbocycles. The van der Waals surface area contributed by atoms with Crippen LogP contribution < -0.4 is 0 Å². The van der Waals surface area contributed by atoms with Crippen LogP contribution in [0.5, 0.6) is 0 Å². The van der Waals surface area contributed by atoms with Gasteiger partial charge in [-0.2, -0.15) is 0 Å². The predicted molar refractivity (Wildman–Crippen MR) is 382 cm³/mol. The van der Waals surface area contributed by atoms with E-state index in [-0.39, 0.29) is 0 Å². The van der Waals surface area contributed by atoms with E-state index in [0.29, 0.717) is 11.8 Å². The van der Waals surface area contributed by atoms with Gasteiger partial charge in [-0.05, 0) is 125 Å². The Morgan fingerprint density at radius 3 is 1.00 bits per heavy atom. The molecule has 1 aliphatic rings. The minimum absolute atomic E-state index is 0.677. The molecule has 0 fully saturated rings. The van der Waals surface area contributed by atoms with E-state index in [4.69, 9.17) is 0 Å². The van der Waals surface area contributed by atoms with Gasteiger partial charge < -0.3 is 5.53 Å². The minimum atomic E-state index is 0.677. The SMILES string of the molecule is CCCCCCCCCC=CC1=C(c2ccccc2CCC(CC=CCCCCCCCCCCCCCCCC)CCCC)[N+](=[N-])C(c2ccccc2CCC(CC=CCCCCCCCCCCCCCCCC)CCCC)=C1CCCC. The van der Waals surface area contributed by atoms with E-state index in [0.717, 1.165) is 49.9 Å². The monoisotopic (exact) mass is 1170 g/mol. The largest absolute Gasteiger partial charge is 0.493 e. The molecular weight excluding hydrogens is 1020 g/mol. The van der Waals surface area contributed by atoms with Crippen LogP contribution in [0.25, 0.3) is 16.9 Å². The Morgan fingerprint density at radius 1 is 0.318 bits per heavy atom. The maximum absolute atomic E-state index is 13.1. The summed E-state index contributed by atoms with van der Waals surface area (Å²) in [5.41, 5.74) is 22.9. The van der Waals surface area contributed by atoms with Gasteiger partial charge in [-0.15, -0.1) is 0 Å². The fraction of sp³-hybridized carbons (Fsp3) is 0.735. The molecule has 2 aromatic carbocycles. The molecule has 482 valence electrons. The molecule has 2 unspecified atom stereocenters. The first-order valence-electron chi connectivity index (χ1n) is 38.1. The van der Waals surface area contributed by atoms with Crippen molar-refractivity contribution >= 4 is 11.4 Å². The summed E-state index contributed by atoms with van der Waals surface area (Å²) in [6.45, 7) is 14.0. The van der Waals surface area contributed by atoms with Gasteiger partial charge in [-0.3, -0.25) is 0 Å². The van der Waals surface area contributed by atoms with E-state index >= 15 is 0 Å². The summed E-state index contributed by atoms with van der Waals surface area (Å²) >= 11 is 0. The molecule has 1 aliphatic heterocycles. The summed E-state index contributed by atoms with van der Waals surface area (Å²) in [5.74, 6) is 1.36. The van der Waals surface area contributed by atoms with Gasteiger partial charge in [0.25, 0.3) is 0 Å². The molecule has 0 aromatic heterocycles. The Labute approximate surface area is 530 Å². The van der Waals surface area contributed by atoms with Crippen LogP contribution in [0.2, 0.25) is 0 Å². The second-order valence-corrected chi connectivity index (χ2v) is 26.9. The Bertz CT molecular complexity index is 2040. The van der Waals surface area contributed by atoms with Crippen molar-refractivity contribution in [3.05, 3.63) is 124 Å². The van der Waals surface area contributed by atoms with Crippen LogP contribution in [0.1, 0.15) is 391 Å². The molecule has 0 radical (unpaired) electrons. The second-order valence-electron chi connectivity index (χ2n) is 26.9. The lowest BCUT2D eigenvalue weighted by Crippen LogP contribution is -2.09. The van der Waals surface area contributed by atoms with Crippen LogP contribution in [0.3, 0.4) is 0 Å². The molecule has 2 aromatic rings. The summed E-state index contributed by atoms with van der Waals surface area (Å²) in [7, 11) is 0. The number of benzene rings is 2. The van der Waals surface area contributed by atoms with E-state index in [1.54, 1.807) is 4.70 Å². The molecule has 0 saturated carbocycles.